The van der Waals surface area contributed by atoms with Gasteiger partial charge in [0.1, 0.15) is 6.07 Å². The molecule has 1 aromatic heterocycles. The number of rotatable bonds is 3. The molecule has 1 rings (SSSR count). The van der Waals surface area contributed by atoms with Gasteiger partial charge in [-0.05, 0) is 13.0 Å². The van der Waals surface area contributed by atoms with E-state index in [9.17, 15) is 0 Å². The molecule has 68 valence electrons. The largest absolute Gasteiger partial charge is 0.394 e. The highest BCUT2D eigenvalue weighted by Crippen LogP contribution is 2.08. The Morgan fingerprint density at radius 3 is 3.15 bits per heavy atom. The Morgan fingerprint density at radius 2 is 2.54 bits per heavy atom. The average Bonchev–Trinajstić information content (AvgIpc) is 2.18. The topological polar surface area (TPSA) is 81.8 Å². The predicted molar refractivity (Wildman–Crippen MR) is 46.9 cm³/mol. The van der Waals surface area contributed by atoms with E-state index in [1.807, 2.05) is 6.07 Å². The zero-order valence-electron chi connectivity index (χ0n) is 7.23. The molecule has 5 heteroatoms. The molecule has 0 bridgehead atoms. The van der Waals surface area contributed by atoms with Crippen molar-refractivity contribution in [3.63, 3.8) is 0 Å². The minimum Gasteiger partial charge on any atom is -0.394 e. The number of hydrogen-bond donors (Lipinski definition) is 2. The van der Waals surface area contributed by atoms with Crippen molar-refractivity contribution in [2.45, 2.75) is 13.0 Å². The highest BCUT2D eigenvalue weighted by atomic mass is 16.3. The third kappa shape index (κ3) is 2.39. The van der Waals surface area contributed by atoms with Gasteiger partial charge in [0.2, 0.25) is 0 Å². The molecule has 0 aliphatic heterocycles. The van der Waals surface area contributed by atoms with Crippen LogP contribution in [0.2, 0.25) is 0 Å². The van der Waals surface area contributed by atoms with Crippen LogP contribution in [0.15, 0.2) is 12.3 Å². The van der Waals surface area contributed by atoms with E-state index < -0.39 is 0 Å². The molecule has 0 amide bonds. The number of hydrogen-bond acceptors (Lipinski definition) is 5. The van der Waals surface area contributed by atoms with Crippen LogP contribution in [0.5, 0.6) is 0 Å². The van der Waals surface area contributed by atoms with Gasteiger partial charge in [-0.2, -0.15) is 10.4 Å². The van der Waals surface area contributed by atoms with Crippen molar-refractivity contribution in [2.75, 3.05) is 11.9 Å². The van der Waals surface area contributed by atoms with E-state index in [-0.39, 0.29) is 12.6 Å². The third-order valence-corrected chi connectivity index (χ3v) is 1.50. The molecular weight excluding hydrogens is 168 g/mol. The zero-order chi connectivity index (χ0) is 9.68. The molecule has 0 radical (unpaired) electrons. The van der Waals surface area contributed by atoms with E-state index >= 15 is 0 Å². The van der Waals surface area contributed by atoms with Crippen LogP contribution in [0.3, 0.4) is 0 Å². The maximum atomic E-state index is 8.77. The molecule has 1 aromatic rings. The van der Waals surface area contributed by atoms with Crippen LogP contribution in [0, 0.1) is 11.3 Å². The second kappa shape index (κ2) is 4.38. The molecular formula is C8H10N4O. The minimum absolute atomic E-state index is 0.0125. The molecule has 0 aliphatic carbocycles. The monoisotopic (exact) mass is 178 g/mol. The van der Waals surface area contributed by atoms with Crippen molar-refractivity contribution < 1.29 is 5.11 Å². The second-order valence-electron chi connectivity index (χ2n) is 2.63. The summed E-state index contributed by atoms with van der Waals surface area (Å²) in [6.45, 7) is 1.78. The quantitative estimate of drug-likeness (QED) is 0.688. The molecule has 0 saturated heterocycles. The molecule has 0 aliphatic rings. The van der Waals surface area contributed by atoms with Crippen LogP contribution >= 0.6 is 0 Å². The first kappa shape index (κ1) is 9.42. The first-order chi connectivity index (χ1) is 6.27. The van der Waals surface area contributed by atoms with E-state index in [2.05, 4.69) is 15.5 Å². The van der Waals surface area contributed by atoms with Gasteiger partial charge in [0.25, 0.3) is 0 Å². The van der Waals surface area contributed by atoms with Gasteiger partial charge >= 0.3 is 0 Å². The molecule has 13 heavy (non-hydrogen) atoms. The van der Waals surface area contributed by atoms with Crippen molar-refractivity contribution in [1.29, 1.82) is 5.26 Å². The summed E-state index contributed by atoms with van der Waals surface area (Å²) < 4.78 is 0. The Kier molecular flexibility index (Phi) is 3.17. The van der Waals surface area contributed by atoms with E-state index in [4.69, 9.17) is 10.4 Å². The number of aliphatic hydroxyl groups is 1. The predicted octanol–water partition coefficient (Wildman–Crippen LogP) is 0.141. The van der Waals surface area contributed by atoms with Gasteiger partial charge in [0, 0.05) is 6.04 Å². The Morgan fingerprint density at radius 1 is 1.77 bits per heavy atom. The van der Waals surface area contributed by atoms with Crippen LogP contribution in [0.4, 0.5) is 5.82 Å². The molecule has 1 atom stereocenters. The zero-order valence-corrected chi connectivity index (χ0v) is 7.23. The minimum atomic E-state index is -0.135. The van der Waals surface area contributed by atoms with Crippen molar-refractivity contribution in [3.8, 4) is 6.07 Å². The average molecular weight is 178 g/mol. The smallest absolute Gasteiger partial charge is 0.166 e. The molecule has 0 spiro atoms. The van der Waals surface area contributed by atoms with Crippen molar-refractivity contribution >= 4 is 5.82 Å². The first-order valence-corrected chi connectivity index (χ1v) is 3.87. The Hall–Kier alpha value is -1.67. The fourth-order valence-corrected chi connectivity index (χ4v) is 0.808. The third-order valence-electron chi connectivity index (χ3n) is 1.50. The summed E-state index contributed by atoms with van der Waals surface area (Å²) in [5, 5.41) is 27.7. The molecule has 0 aromatic carbocycles. The summed E-state index contributed by atoms with van der Waals surface area (Å²) >= 11 is 0. The molecule has 0 fully saturated rings. The number of nitrogens with zero attached hydrogens (tertiary/aromatic N) is 3. The van der Waals surface area contributed by atoms with Gasteiger partial charge < -0.3 is 10.4 Å². The maximum absolute atomic E-state index is 8.77. The van der Waals surface area contributed by atoms with Crippen molar-refractivity contribution in [2.24, 2.45) is 0 Å². The Labute approximate surface area is 76.0 Å². The SMILES string of the molecule is CC(CO)Nc1nnccc1C#N. The molecule has 2 N–H and O–H groups in total. The van der Waals surface area contributed by atoms with Crippen LogP contribution in [0.1, 0.15) is 12.5 Å². The van der Waals surface area contributed by atoms with Crippen LogP contribution < -0.4 is 5.32 Å². The number of anilines is 1. The van der Waals surface area contributed by atoms with Crippen molar-refractivity contribution in [1.82, 2.24) is 10.2 Å². The van der Waals surface area contributed by atoms with E-state index in [1.165, 1.54) is 6.20 Å². The van der Waals surface area contributed by atoms with Gasteiger partial charge in [-0.3, -0.25) is 0 Å². The summed E-state index contributed by atoms with van der Waals surface area (Å²) in [5.74, 6) is 0.409. The van der Waals surface area contributed by atoms with Gasteiger partial charge in [-0.1, -0.05) is 0 Å². The standard InChI is InChI=1S/C8H10N4O/c1-6(5-13)11-8-7(4-9)2-3-10-12-8/h2-3,6,13H,5H2,1H3,(H,11,12). The summed E-state index contributed by atoms with van der Waals surface area (Å²) in [5.41, 5.74) is 0.426. The number of nitriles is 1. The Balaban J connectivity index is 2.82. The van der Waals surface area contributed by atoms with Crippen LogP contribution in [-0.4, -0.2) is 28.0 Å². The van der Waals surface area contributed by atoms with E-state index in [0.29, 0.717) is 11.4 Å². The summed E-state index contributed by atoms with van der Waals surface area (Å²) in [6, 6.07) is 3.41. The van der Waals surface area contributed by atoms with Crippen LogP contribution in [0.25, 0.3) is 0 Å². The maximum Gasteiger partial charge on any atom is 0.166 e. The van der Waals surface area contributed by atoms with Gasteiger partial charge in [-0.15, -0.1) is 5.10 Å². The number of aliphatic hydroxyl groups excluding tert-OH is 1. The fourth-order valence-electron chi connectivity index (χ4n) is 0.808. The normalized spacial score (nSPS) is 11.8. The van der Waals surface area contributed by atoms with Crippen molar-refractivity contribution in [3.05, 3.63) is 17.8 Å². The lowest BCUT2D eigenvalue weighted by molar-refractivity contribution is 0.281. The number of aromatic nitrogens is 2. The molecule has 5 nitrogen and oxygen atoms in total. The summed E-state index contributed by atoms with van der Waals surface area (Å²) in [6.07, 6.45) is 1.45. The van der Waals surface area contributed by atoms with Gasteiger partial charge in [-0.25, -0.2) is 0 Å². The summed E-state index contributed by atoms with van der Waals surface area (Å²) in [7, 11) is 0. The lowest BCUT2D eigenvalue weighted by Crippen LogP contribution is -2.20. The van der Waals surface area contributed by atoms with E-state index in [0.717, 1.165) is 0 Å². The second-order valence-corrected chi connectivity index (χ2v) is 2.63. The van der Waals surface area contributed by atoms with Gasteiger partial charge in [0.05, 0.1) is 18.4 Å². The summed E-state index contributed by atoms with van der Waals surface area (Å²) in [4.78, 5) is 0. The number of nitrogens with one attached hydrogen (secondary N) is 1. The van der Waals surface area contributed by atoms with E-state index in [1.54, 1.807) is 13.0 Å². The fraction of sp³-hybridized carbons (Fsp3) is 0.375. The molecule has 0 saturated carbocycles. The lowest BCUT2D eigenvalue weighted by Gasteiger charge is -2.10. The Bertz CT molecular complexity index is 320. The van der Waals surface area contributed by atoms with Crippen LogP contribution in [-0.2, 0) is 0 Å². The first-order valence-electron chi connectivity index (χ1n) is 3.87. The molecule has 1 unspecified atom stereocenters. The molecule has 1 heterocycles. The van der Waals surface area contributed by atoms with Gasteiger partial charge in [0.15, 0.2) is 5.82 Å². The highest BCUT2D eigenvalue weighted by molar-refractivity contribution is 5.50. The highest BCUT2D eigenvalue weighted by Gasteiger charge is 2.05. The lowest BCUT2D eigenvalue weighted by atomic mass is 10.3.